The Morgan fingerprint density at radius 1 is 0.857 bits per heavy atom. The molecular weight excluding hydrogens is 543 g/mol. The van der Waals surface area contributed by atoms with E-state index in [1.807, 2.05) is 41.3 Å². The third-order valence-electron chi connectivity index (χ3n) is 7.99. The summed E-state index contributed by atoms with van der Waals surface area (Å²) in [5.74, 6) is 0.888. The quantitative estimate of drug-likeness (QED) is 0.233. The summed E-state index contributed by atoms with van der Waals surface area (Å²) in [6.07, 6.45) is -4.04. The minimum absolute atomic E-state index is 0.0719. The number of alkyl halides is 3. The Hall–Kier alpha value is -4.30. The lowest BCUT2D eigenvalue weighted by Gasteiger charge is -2.42. The van der Waals surface area contributed by atoms with E-state index in [0.717, 1.165) is 23.3 Å². The van der Waals surface area contributed by atoms with E-state index in [4.69, 9.17) is 14.2 Å². The molecule has 6 rings (SSSR count). The molecule has 0 spiro atoms. The number of hydrogen-bond acceptors (Lipinski definition) is 4. The fourth-order valence-electron chi connectivity index (χ4n) is 5.88. The molecule has 8 heteroatoms. The highest BCUT2D eigenvalue weighted by molar-refractivity contribution is 5.95. The molecule has 4 aromatic rings. The average molecular weight is 574 g/mol. The van der Waals surface area contributed by atoms with Crippen molar-refractivity contribution in [1.82, 2.24) is 4.90 Å². The molecule has 0 aromatic heterocycles. The van der Waals surface area contributed by atoms with Crippen LogP contribution in [0.2, 0.25) is 0 Å². The van der Waals surface area contributed by atoms with Gasteiger partial charge >= 0.3 is 6.18 Å². The number of benzene rings is 4. The summed E-state index contributed by atoms with van der Waals surface area (Å²) >= 11 is 0. The Morgan fingerprint density at radius 2 is 1.50 bits per heavy atom. The first-order valence-corrected chi connectivity index (χ1v) is 13.9. The van der Waals surface area contributed by atoms with Gasteiger partial charge in [0.15, 0.2) is 11.5 Å². The molecular formula is C34H30F3NO4. The first-order valence-electron chi connectivity index (χ1n) is 13.9. The lowest BCUT2D eigenvalue weighted by molar-refractivity contribution is -0.137. The Labute approximate surface area is 242 Å². The molecule has 0 radical (unpaired) electrons. The predicted octanol–water partition coefficient (Wildman–Crippen LogP) is 7.31. The van der Waals surface area contributed by atoms with E-state index in [1.165, 1.54) is 12.1 Å². The predicted molar refractivity (Wildman–Crippen MR) is 151 cm³/mol. The number of nitrogens with zero attached hydrogens (tertiary/aromatic N) is 1. The molecule has 0 aliphatic carbocycles. The maximum absolute atomic E-state index is 13.7. The second-order valence-corrected chi connectivity index (χ2v) is 10.6. The first kappa shape index (κ1) is 27.8. The maximum atomic E-state index is 13.7. The second kappa shape index (κ2) is 11.9. The molecule has 2 aliphatic rings. The van der Waals surface area contributed by atoms with Crippen LogP contribution in [0.3, 0.4) is 0 Å². The van der Waals surface area contributed by atoms with Gasteiger partial charge in [0.1, 0.15) is 0 Å². The molecule has 1 fully saturated rings. The van der Waals surface area contributed by atoms with Crippen molar-refractivity contribution in [2.75, 3.05) is 19.9 Å². The molecule has 4 aromatic carbocycles. The van der Waals surface area contributed by atoms with Gasteiger partial charge in [-0.05, 0) is 53.4 Å². The van der Waals surface area contributed by atoms with Gasteiger partial charge < -0.3 is 19.1 Å². The number of likely N-dealkylation sites (tertiary alicyclic amines) is 1. The fourth-order valence-corrected chi connectivity index (χ4v) is 5.88. The number of carbonyl (C=O) groups is 1. The van der Waals surface area contributed by atoms with Crippen LogP contribution in [-0.2, 0) is 17.5 Å². The smallest absolute Gasteiger partial charge is 0.416 e. The van der Waals surface area contributed by atoms with Crippen LogP contribution in [0.4, 0.5) is 13.2 Å². The van der Waals surface area contributed by atoms with Crippen molar-refractivity contribution in [1.29, 1.82) is 0 Å². The van der Waals surface area contributed by atoms with Crippen molar-refractivity contribution in [3.63, 3.8) is 0 Å². The molecule has 2 heterocycles. The van der Waals surface area contributed by atoms with Crippen LogP contribution in [-0.4, -0.2) is 36.8 Å². The molecule has 42 heavy (non-hydrogen) atoms. The fraction of sp³-hybridized carbons (Fsp3) is 0.265. The van der Waals surface area contributed by atoms with E-state index in [9.17, 15) is 18.0 Å². The lowest BCUT2D eigenvalue weighted by atomic mass is 9.75. The molecule has 0 bridgehead atoms. The van der Waals surface area contributed by atoms with Crippen molar-refractivity contribution < 1.29 is 32.2 Å². The summed E-state index contributed by atoms with van der Waals surface area (Å²) in [5, 5.41) is 0. The molecule has 2 atom stereocenters. The zero-order valence-electron chi connectivity index (χ0n) is 22.8. The number of rotatable bonds is 7. The maximum Gasteiger partial charge on any atom is 0.416 e. The summed E-state index contributed by atoms with van der Waals surface area (Å²) < 4.78 is 56.6. The van der Waals surface area contributed by atoms with Gasteiger partial charge in [-0.25, -0.2) is 0 Å². The summed E-state index contributed by atoms with van der Waals surface area (Å²) in [6.45, 7) is 1.23. The first-order chi connectivity index (χ1) is 20.4. The number of fused-ring (bicyclic) bond motifs is 1. The molecule has 0 N–H and O–H groups in total. The van der Waals surface area contributed by atoms with Crippen molar-refractivity contribution in [2.45, 2.75) is 31.2 Å². The van der Waals surface area contributed by atoms with Crippen LogP contribution in [0.5, 0.6) is 11.5 Å². The largest absolute Gasteiger partial charge is 0.454 e. The van der Waals surface area contributed by atoms with Crippen molar-refractivity contribution in [3.05, 3.63) is 131 Å². The highest BCUT2D eigenvalue weighted by Crippen LogP contribution is 2.40. The summed E-state index contributed by atoms with van der Waals surface area (Å²) in [4.78, 5) is 15.6. The van der Waals surface area contributed by atoms with Crippen LogP contribution in [0.25, 0.3) is 0 Å². The third kappa shape index (κ3) is 5.99. The summed E-state index contributed by atoms with van der Waals surface area (Å²) in [5.41, 5.74) is 2.71. The molecule has 2 aliphatic heterocycles. The summed E-state index contributed by atoms with van der Waals surface area (Å²) in [7, 11) is 0. The number of ether oxygens (including phenoxy) is 3. The van der Waals surface area contributed by atoms with Crippen molar-refractivity contribution >= 4 is 5.91 Å². The third-order valence-corrected chi connectivity index (χ3v) is 7.99. The number of hydrogen-bond donors (Lipinski definition) is 0. The molecule has 0 saturated carbocycles. The lowest BCUT2D eigenvalue weighted by Crippen LogP contribution is -2.49. The standard InChI is InChI=1S/C34H30F3NO4/c35-34(36,37)27-14-11-23(12-15-27)21-40-29-17-18-38(33(39)26-13-16-30-31(19-26)42-22-41-30)20-28(29)32(24-7-3-1-4-8-24)25-9-5-2-6-10-25/h1-16,19,28-29,32H,17-18,20-22H2/t28-,29+/m0/s1. The highest BCUT2D eigenvalue weighted by Gasteiger charge is 2.39. The van der Waals surface area contributed by atoms with Gasteiger partial charge in [0.2, 0.25) is 6.79 Å². The number of amides is 1. The van der Waals surface area contributed by atoms with Crippen LogP contribution < -0.4 is 9.47 Å². The zero-order chi connectivity index (χ0) is 29.1. The zero-order valence-corrected chi connectivity index (χ0v) is 22.8. The normalized spacial score (nSPS) is 18.3. The van der Waals surface area contributed by atoms with Crippen LogP contribution in [0.1, 0.15) is 45.0 Å². The Balaban J connectivity index is 1.29. The van der Waals surface area contributed by atoms with E-state index < -0.39 is 11.7 Å². The molecule has 5 nitrogen and oxygen atoms in total. The van der Waals surface area contributed by atoms with Gasteiger partial charge in [-0.3, -0.25) is 4.79 Å². The molecule has 1 amide bonds. The highest BCUT2D eigenvalue weighted by atomic mass is 19.4. The van der Waals surface area contributed by atoms with Crippen LogP contribution in [0.15, 0.2) is 103 Å². The van der Waals surface area contributed by atoms with E-state index >= 15 is 0 Å². The Morgan fingerprint density at radius 3 is 2.14 bits per heavy atom. The molecule has 0 unspecified atom stereocenters. The van der Waals surface area contributed by atoms with E-state index in [-0.39, 0.29) is 37.2 Å². The molecule has 216 valence electrons. The minimum Gasteiger partial charge on any atom is -0.454 e. The van der Waals surface area contributed by atoms with Crippen molar-refractivity contribution in [2.24, 2.45) is 5.92 Å². The van der Waals surface area contributed by atoms with Gasteiger partial charge in [-0.1, -0.05) is 72.8 Å². The monoisotopic (exact) mass is 573 g/mol. The number of carbonyl (C=O) groups excluding carboxylic acids is 1. The van der Waals surface area contributed by atoms with Gasteiger partial charge in [0.25, 0.3) is 5.91 Å². The minimum atomic E-state index is -4.39. The van der Waals surface area contributed by atoms with Gasteiger partial charge in [0.05, 0.1) is 18.3 Å². The van der Waals surface area contributed by atoms with E-state index in [0.29, 0.717) is 42.1 Å². The Kier molecular flexibility index (Phi) is 7.89. The van der Waals surface area contributed by atoms with E-state index in [2.05, 4.69) is 24.3 Å². The van der Waals surface area contributed by atoms with Gasteiger partial charge in [-0.15, -0.1) is 0 Å². The number of halogens is 3. The average Bonchev–Trinajstić information content (AvgIpc) is 3.49. The van der Waals surface area contributed by atoms with E-state index in [1.54, 1.807) is 18.2 Å². The Bertz CT molecular complexity index is 1470. The second-order valence-electron chi connectivity index (χ2n) is 10.6. The van der Waals surface area contributed by atoms with Gasteiger partial charge in [0, 0.05) is 30.5 Å². The summed E-state index contributed by atoms with van der Waals surface area (Å²) in [6, 6.07) is 30.6. The SMILES string of the molecule is O=C(c1ccc2c(c1)OCO2)N1CC[C@@H](OCc2ccc(C(F)(F)F)cc2)[C@@H](C(c2ccccc2)c2ccccc2)C1. The van der Waals surface area contributed by atoms with Crippen LogP contribution >= 0.6 is 0 Å². The number of piperidine rings is 1. The topological polar surface area (TPSA) is 48.0 Å². The van der Waals surface area contributed by atoms with Crippen molar-refractivity contribution in [3.8, 4) is 11.5 Å². The molecule has 1 saturated heterocycles. The van der Waals surface area contributed by atoms with Gasteiger partial charge in [-0.2, -0.15) is 13.2 Å². The van der Waals surface area contributed by atoms with Crippen LogP contribution in [0, 0.1) is 5.92 Å².